The van der Waals surface area contributed by atoms with Crippen molar-refractivity contribution in [2.45, 2.75) is 45.3 Å². The van der Waals surface area contributed by atoms with Gasteiger partial charge in [0, 0.05) is 18.8 Å². The highest BCUT2D eigenvalue weighted by molar-refractivity contribution is 6.33. The van der Waals surface area contributed by atoms with Crippen molar-refractivity contribution in [2.24, 2.45) is 0 Å². The number of carbonyl (C=O) groups excluding carboxylic acids is 1. The predicted molar refractivity (Wildman–Crippen MR) is 87.3 cm³/mol. The predicted octanol–water partition coefficient (Wildman–Crippen LogP) is 3.52. The maximum absolute atomic E-state index is 12.2. The summed E-state index contributed by atoms with van der Waals surface area (Å²) >= 11 is 6.16. The Balaban J connectivity index is 1.98. The van der Waals surface area contributed by atoms with Crippen LogP contribution in [0.25, 0.3) is 0 Å². The van der Waals surface area contributed by atoms with Gasteiger partial charge in [-0.15, -0.1) is 0 Å². The highest BCUT2D eigenvalue weighted by Gasteiger charge is 2.32. The molecule has 1 saturated heterocycles. The van der Waals surface area contributed by atoms with Crippen molar-refractivity contribution >= 4 is 17.7 Å². The molecule has 128 valence electrons. The van der Waals surface area contributed by atoms with Gasteiger partial charge in [0.25, 0.3) is 0 Å². The van der Waals surface area contributed by atoms with E-state index in [0.717, 1.165) is 12.8 Å². The number of ether oxygens (including phenoxy) is 3. The van der Waals surface area contributed by atoms with E-state index >= 15 is 0 Å². The summed E-state index contributed by atoms with van der Waals surface area (Å²) in [5.41, 5.74) is -0.511. The first-order chi connectivity index (χ1) is 10.8. The van der Waals surface area contributed by atoms with E-state index in [4.69, 9.17) is 25.8 Å². The minimum absolute atomic E-state index is 0.0473. The zero-order chi connectivity index (χ0) is 17.0. The monoisotopic (exact) mass is 342 g/mol. The number of halogens is 1. The first kappa shape index (κ1) is 17.7. The van der Waals surface area contributed by atoms with E-state index in [-0.39, 0.29) is 12.1 Å². The molecule has 23 heavy (non-hydrogen) atoms. The normalized spacial score (nSPS) is 18.0. The molecule has 1 aromatic rings. The average molecular weight is 343 g/mol. The molecule has 0 radical (unpaired) electrons. The molecule has 2 heterocycles. The van der Waals surface area contributed by atoms with Gasteiger partial charge in [0.1, 0.15) is 23.0 Å². The minimum atomic E-state index is -0.511. The molecule has 0 spiro atoms. The van der Waals surface area contributed by atoms with Gasteiger partial charge in [-0.2, -0.15) is 0 Å². The van der Waals surface area contributed by atoms with Crippen molar-refractivity contribution in [3.63, 3.8) is 0 Å². The highest BCUT2D eigenvalue weighted by atomic mass is 35.5. The summed E-state index contributed by atoms with van der Waals surface area (Å²) in [6.45, 7) is 6.55. The van der Waals surface area contributed by atoms with Crippen molar-refractivity contribution in [1.82, 2.24) is 9.88 Å². The molecule has 1 aliphatic heterocycles. The number of carbonyl (C=O) groups is 1. The third-order valence-electron chi connectivity index (χ3n) is 3.46. The molecule has 7 heteroatoms. The summed E-state index contributed by atoms with van der Waals surface area (Å²) in [5.74, 6) is 0.814. The Labute approximate surface area is 141 Å². The Morgan fingerprint density at radius 2 is 2.22 bits per heavy atom. The third kappa shape index (κ3) is 4.64. The smallest absolute Gasteiger partial charge is 0.410 e. The van der Waals surface area contributed by atoms with Gasteiger partial charge in [-0.05, 0) is 33.6 Å². The fourth-order valence-electron chi connectivity index (χ4n) is 2.41. The Hall–Kier alpha value is -1.69. The largest absolute Gasteiger partial charge is 0.495 e. The fraction of sp³-hybridized carbons (Fsp3) is 0.625. The number of nitrogens with zero attached hydrogens (tertiary/aromatic N) is 2. The van der Waals surface area contributed by atoms with E-state index in [1.54, 1.807) is 17.2 Å². The van der Waals surface area contributed by atoms with Crippen LogP contribution in [0.4, 0.5) is 4.79 Å². The van der Waals surface area contributed by atoms with Gasteiger partial charge in [0.05, 0.1) is 13.2 Å². The number of aromatic nitrogens is 1. The lowest BCUT2D eigenvalue weighted by Gasteiger charge is -2.28. The molecule has 0 N–H and O–H groups in total. The fourth-order valence-corrected chi connectivity index (χ4v) is 2.65. The van der Waals surface area contributed by atoms with Gasteiger partial charge < -0.3 is 19.1 Å². The standard InChI is InChI=1S/C16H23ClN2O4/c1-16(2,3)23-15(20)19-9-5-6-11(19)10-22-14-13(17)12(21-4)7-8-18-14/h7-8,11H,5-6,9-10H2,1-4H3/t11-/m1/s1. The Kier molecular flexibility index (Phi) is 5.57. The Bertz CT molecular complexity index is 560. The molecule has 0 aliphatic carbocycles. The van der Waals surface area contributed by atoms with E-state index in [9.17, 15) is 4.79 Å². The van der Waals surface area contributed by atoms with Crippen molar-refractivity contribution in [3.05, 3.63) is 17.3 Å². The van der Waals surface area contributed by atoms with Gasteiger partial charge >= 0.3 is 6.09 Å². The number of pyridine rings is 1. The van der Waals surface area contributed by atoms with Crippen LogP contribution < -0.4 is 9.47 Å². The number of hydrogen-bond acceptors (Lipinski definition) is 5. The molecule has 0 aromatic carbocycles. The molecule has 1 aliphatic rings. The molecular formula is C16H23ClN2O4. The molecule has 0 bridgehead atoms. The SMILES string of the molecule is COc1ccnc(OC[C@H]2CCCN2C(=O)OC(C)(C)C)c1Cl. The van der Waals surface area contributed by atoms with Gasteiger partial charge in [-0.25, -0.2) is 9.78 Å². The molecule has 1 fully saturated rings. The van der Waals surface area contributed by atoms with E-state index < -0.39 is 5.60 Å². The summed E-state index contributed by atoms with van der Waals surface area (Å²) in [7, 11) is 1.53. The summed E-state index contributed by atoms with van der Waals surface area (Å²) in [5, 5.41) is 0.330. The van der Waals surface area contributed by atoms with Gasteiger partial charge in [0.15, 0.2) is 0 Å². The Morgan fingerprint density at radius 1 is 1.48 bits per heavy atom. The second-order valence-corrected chi connectivity index (χ2v) is 6.79. The summed E-state index contributed by atoms with van der Waals surface area (Å²) in [6, 6.07) is 1.62. The zero-order valence-electron chi connectivity index (χ0n) is 14.0. The molecule has 0 saturated carbocycles. The third-order valence-corrected chi connectivity index (χ3v) is 3.81. The van der Waals surface area contributed by atoms with Crippen LogP contribution in [0, 0.1) is 0 Å². The van der Waals surface area contributed by atoms with Crippen LogP contribution in [-0.2, 0) is 4.74 Å². The van der Waals surface area contributed by atoms with Crippen molar-refractivity contribution in [2.75, 3.05) is 20.3 Å². The molecule has 0 unspecified atom stereocenters. The summed E-state index contributed by atoms with van der Waals surface area (Å²) < 4.78 is 16.3. The van der Waals surface area contributed by atoms with E-state index in [1.807, 2.05) is 20.8 Å². The van der Waals surface area contributed by atoms with Crippen LogP contribution in [0.2, 0.25) is 5.02 Å². The van der Waals surface area contributed by atoms with Crippen LogP contribution in [-0.4, -0.2) is 47.9 Å². The van der Waals surface area contributed by atoms with Crippen LogP contribution in [0.1, 0.15) is 33.6 Å². The maximum Gasteiger partial charge on any atom is 0.410 e. The lowest BCUT2D eigenvalue weighted by Crippen LogP contribution is -2.42. The number of amides is 1. The lowest BCUT2D eigenvalue weighted by molar-refractivity contribution is 0.0185. The van der Waals surface area contributed by atoms with Gasteiger partial charge in [-0.3, -0.25) is 0 Å². The van der Waals surface area contributed by atoms with E-state index in [0.29, 0.717) is 29.8 Å². The molecule has 6 nitrogen and oxygen atoms in total. The van der Waals surface area contributed by atoms with E-state index in [2.05, 4.69) is 4.98 Å². The second-order valence-electron chi connectivity index (χ2n) is 6.41. The van der Waals surface area contributed by atoms with Crippen LogP contribution in [0.5, 0.6) is 11.6 Å². The zero-order valence-corrected chi connectivity index (χ0v) is 14.7. The maximum atomic E-state index is 12.2. The molecule has 1 atom stereocenters. The second kappa shape index (κ2) is 7.25. The first-order valence-corrected chi connectivity index (χ1v) is 8.00. The van der Waals surface area contributed by atoms with Crippen LogP contribution in [0.15, 0.2) is 12.3 Å². The van der Waals surface area contributed by atoms with Crippen molar-refractivity contribution < 1.29 is 19.0 Å². The highest BCUT2D eigenvalue weighted by Crippen LogP contribution is 2.32. The number of rotatable bonds is 4. The van der Waals surface area contributed by atoms with E-state index in [1.165, 1.54) is 7.11 Å². The first-order valence-electron chi connectivity index (χ1n) is 7.62. The summed E-state index contributed by atoms with van der Waals surface area (Å²) in [4.78, 5) is 18.1. The average Bonchev–Trinajstić information content (AvgIpc) is 2.93. The molecular weight excluding hydrogens is 320 g/mol. The van der Waals surface area contributed by atoms with Crippen LogP contribution in [0.3, 0.4) is 0 Å². The van der Waals surface area contributed by atoms with Crippen LogP contribution >= 0.6 is 11.6 Å². The molecule has 2 rings (SSSR count). The topological polar surface area (TPSA) is 60.9 Å². The Morgan fingerprint density at radius 3 is 2.87 bits per heavy atom. The minimum Gasteiger partial charge on any atom is -0.495 e. The lowest BCUT2D eigenvalue weighted by atomic mass is 10.2. The molecule has 1 amide bonds. The quantitative estimate of drug-likeness (QED) is 0.837. The van der Waals surface area contributed by atoms with Crippen molar-refractivity contribution in [1.29, 1.82) is 0 Å². The number of hydrogen-bond donors (Lipinski definition) is 0. The number of likely N-dealkylation sites (tertiary alicyclic amines) is 1. The van der Waals surface area contributed by atoms with Gasteiger partial charge in [0.2, 0.25) is 5.88 Å². The van der Waals surface area contributed by atoms with Crippen molar-refractivity contribution in [3.8, 4) is 11.6 Å². The summed E-state index contributed by atoms with van der Waals surface area (Å²) in [6.07, 6.45) is 3.04. The number of methoxy groups -OCH3 is 1. The molecule has 1 aromatic heterocycles. The van der Waals surface area contributed by atoms with Gasteiger partial charge in [-0.1, -0.05) is 11.6 Å².